The molecule has 0 aliphatic carbocycles. The van der Waals surface area contributed by atoms with Crippen molar-refractivity contribution in [3.63, 3.8) is 0 Å². The number of nitrogens with one attached hydrogen (secondary N) is 3. The molecule has 0 bridgehead atoms. The Hall–Kier alpha value is -5.40. The van der Waals surface area contributed by atoms with Gasteiger partial charge in [-0.2, -0.15) is 13.2 Å². The topological polar surface area (TPSA) is 129 Å². The summed E-state index contributed by atoms with van der Waals surface area (Å²) in [5, 5.41) is 7.69. The molecule has 1 aliphatic rings. The Morgan fingerprint density at radius 1 is 0.872 bits per heavy atom. The van der Waals surface area contributed by atoms with Crippen molar-refractivity contribution in [1.29, 1.82) is 0 Å². The first-order valence-electron chi connectivity index (χ1n) is 14.8. The lowest BCUT2D eigenvalue weighted by Gasteiger charge is -2.37. The number of rotatable bonds is 5. The predicted molar refractivity (Wildman–Crippen MR) is 172 cm³/mol. The molecule has 2 aromatic heterocycles. The van der Waals surface area contributed by atoms with Crippen molar-refractivity contribution in [2.75, 3.05) is 48.8 Å². The van der Waals surface area contributed by atoms with Crippen molar-refractivity contribution in [1.82, 2.24) is 20.2 Å². The summed E-state index contributed by atoms with van der Waals surface area (Å²) in [7, 11) is 1.53. The number of urea groups is 1. The monoisotopic (exact) mass is 649 g/mol. The number of benzene rings is 2. The van der Waals surface area contributed by atoms with Gasteiger partial charge in [-0.3, -0.25) is 9.78 Å². The van der Waals surface area contributed by atoms with Gasteiger partial charge in [0.15, 0.2) is 0 Å². The summed E-state index contributed by atoms with van der Waals surface area (Å²) in [5.74, 6) is -0.310. The fourth-order valence-electron chi connectivity index (χ4n) is 5.11. The highest BCUT2D eigenvalue weighted by Gasteiger charge is 2.36. The normalized spacial score (nSPS) is 13.7. The zero-order chi connectivity index (χ0) is 33.9. The fourth-order valence-corrected chi connectivity index (χ4v) is 5.11. The largest absolute Gasteiger partial charge is 0.444 e. The molecule has 0 unspecified atom stereocenters. The van der Waals surface area contributed by atoms with Gasteiger partial charge in [-0.25, -0.2) is 14.6 Å². The number of carbonyl (C=O) groups excluding carboxylic acids is 3. The Bertz CT molecular complexity index is 1800. The van der Waals surface area contributed by atoms with Crippen LogP contribution in [0.1, 0.15) is 36.7 Å². The number of hydrogen-bond donors (Lipinski definition) is 3. The molecule has 0 atom stereocenters. The van der Waals surface area contributed by atoms with Gasteiger partial charge in [0.2, 0.25) is 0 Å². The molecular weight excluding hydrogens is 615 g/mol. The molecule has 3 N–H and O–H groups in total. The van der Waals surface area contributed by atoms with E-state index in [0.29, 0.717) is 33.5 Å². The van der Waals surface area contributed by atoms with Crippen molar-refractivity contribution in [3.05, 3.63) is 78.0 Å². The van der Waals surface area contributed by atoms with Crippen molar-refractivity contribution >= 4 is 46.1 Å². The fraction of sp³-hybridized carbons (Fsp3) is 0.303. The molecule has 4 aromatic rings. The summed E-state index contributed by atoms with van der Waals surface area (Å²) in [4.78, 5) is 49.5. The van der Waals surface area contributed by atoms with Crippen LogP contribution in [0.25, 0.3) is 22.3 Å². The van der Waals surface area contributed by atoms with Crippen LogP contribution in [0.3, 0.4) is 0 Å². The Morgan fingerprint density at radius 2 is 1.53 bits per heavy atom. The molecule has 14 heteroatoms. The Balaban J connectivity index is 1.26. The third-order valence-electron chi connectivity index (χ3n) is 7.31. The lowest BCUT2D eigenvalue weighted by Crippen LogP contribution is -2.50. The molecule has 0 saturated carbocycles. The number of piperazine rings is 1. The number of alkyl halides is 3. The summed E-state index contributed by atoms with van der Waals surface area (Å²) in [6.45, 7) is 6.02. The van der Waals surface area contributed by atoms with Gasteiger partial charge < -0.3 is 30.5 Å². The van der Waals surface area contributed by atoms with E-state index in [0.717, 1.165) is 6.07 Å². The summed E-state index contributed by atoms with van der Waals surface area (Å²) in [6, 6.07) is 14.6. The first kappa shape index (κ1) is 33.0. The number of carbonyl (C=O) groups is 3. The van der Waals surface area contributed by atoms with E-state index in [2.05, 4.69) is 25.9 Å². The molecule has 1 aliphatic heterocycles. The molecule has 11 nitrogen and oxygen atoms in total. The van der Waals surface area contributed by atoms with E-state index in [1.165, 1.54) is 24.1 Å². The van der Waals surface area contributed by atoms with Gasteiger partial charge in [0.1, 0.15) is 11.1 Å². The number of pyridine rings is 2. The molecule has 3 heterocycles. The van der Waals surface area contributed by atoms with Crippen LogP contribution >= 0.6 is 0 Å². The van der Waals surface area contributed by atoms with E-state index in [-0.39, 0.29) is 43.5 Å². The van der Waals surface area contributed by atoms with Gasteiger partial charge in [0.05, 0.1) is 22.3 Å². The highest BCUT2D eigenvalue weighted by molar-refractivity contribution is 6.05. The SMILES string of the molecule is CNC(=O)c1cc(-c2ccc(NC(=O)Nc3ccc(N4CCN(C(=O)OC(C)(C)C)CC4)c(C(F)(F)F)c3)cc2)nc2cccnc12. The van der Waals surface area contributed by atoms with Crippen LogP contribution in [0.15, 0.2) is 66.9 Å². The molecule has 0 spiro atoms. The van der Waals surface area contributed by atoms with Crippen LogP contribution in [0.5, 0.6) is 0 Å². The first-order valence-corrected chi connectivity index (χ1v) is 14.8. The van der Waals surface area contributed by atoms with Crippen molar-refractivity contribution in [2.24, 2.45) is 0 Å². The highest BCUT2D eigenvalue weighted by Crippen LogP contribution is 2.39. The van der Waals surface area contributed by atoms with E-state index in [1.807, 2.05) is 0 Å². The molecule has 47 heavy (non-hydrogen) atoms. The number of fused-ring (bicyclic) bond motifs is 1. The number of amides is 4. The Kier molecular flexibility index (Phi) is 9.22. The lowest BCUT2D eigenvalue weighted by atomic mass is 10.1. The van der Waals surface area contributed by atoms with E-state index in [9.17, 15) is 27.6 Å². The molecule has 246 valence electrons. The van der Waals surface area contributed by atoms with E-state index < -0.39 is 29.5 Å². The van der Waals surface area contributed by atoms with Crippen LogP contribution in [-0.4, -0.2) is 71.7 Å². The average molecular weight is 650 g/mol. The lowest BCUT2D eigenvalue weighted by molar-refractivity contribution is -0.137. The van der Waals surface area contributed by atoms with Crippen LogP contribution in [0, 0.1) is 0 Å². The summed E-state index contributed by atoms with van der Waals surface area (Å²) in [6.07, 6.45) is -3.62. The third-order valence-corrected chi connectivity index (χ3v) is 7.31. The average Bonchev–Trinajstić information content (AvgIpc) is 3.03. The molecule has 1 saturated heterocycles. The second-order valence-corrected chi connectivity index (χ2v) is 11.8. The zero-order valence-corrected chi connectivity index (χ0v) is 26.2. The third kappa shape index (κ3) is 7.88. The minimum Gasteiger partial charge on any atom is -0.444 e. The molecule has 0 radical (unpaired) electrons. The second kappa shape index (κ2) is 13.1. The van der Waals surface area contributed by atoms with Crippen LogP contribution < -0.4 is 20.9 Å². The maximum absolute atomic E-state index is 14.1. The minimum atomic E-state index is -4.69. The van der Waals surface area contributed by atoms with Gasteiger partial charge in [0, 0.05) is 62.0 Å². The quantitative estimate of drug-likeness (QED) is 0.229. The number of halogens is 3. The van der Waals surface area contributed by atoms with E-state index in [4.69, 9.17) is 4.74 Å². The first-order chi connectivity index (χ1) is 22.2. The predicted octanol–water partition coefficient (Wildman–Crippen LogP) is 6.38. The minimum absolute atomic E-state index is 0.0412. The summed E-state index contributed by atoms with van der Waals surface area (Å²) in [5.41, 5.74) is 1.28. The highest BCUT2D eigenvalue weighted by atomic mass is 19.4. The summed E-state index contributed by atoms with van der Waals surface area (Å²) >= 11 is 0. The standard InChI is InChI=1S/C33H34F3N7O4/c1-32(2,3)47-31(46)43-16-14-42(15-17-43)27-12-11-22(18-24(27)33(34,35)36)40-30(45)39-21-9-7-20(8-10-21)26-19-23(29(44)37-4)28-25(41-26)6-5-13-38-28/h5-13,18-19H,14-17H2,1-4H3,(H,37,44)(H2,39,40,45). The molecule has 2 aromatic carbocycles. The van der Waals surface area contributed by atoms with Gasteiger partial charge >= 0.3 is 18.3 Å². The Morgan fingerprint density at radius 3 is 2.17 bits per heavy atom. The molecule has 1 fully saturated rings. The molecule has 5 rings (SSSR count). The van der Waals surface area contributed by atoms with Crippen molar-refractivity contribution < 1.29 is 32.3 Å². The zero-order valence-electron chi connectivity index (χ0n) is 26.2. The Labute approximate surface area is 269 Å². The molecule has 4 amide bonds. The van der Waals surface area contributed by atoms with E-state index in [1.54, 1.807) is 74.3 Å². The number of aromatic nitrogens is 2. The van der Waals surface area contributed by atoms with Crippen molar-refractivity contribution in [2.45, 2.75) is 32.5 Å². The van der Waals surface area contributed by atoms with Crippen molar-refractivity contribution in [3.8, 4) is 11.3 Å². The van der Waals surface area contributed by atoms with Crippen LogP contribution in [0.4, 0.5) is 39.8 Å². The van der Waals surface area contributed by atoms with Gasteiger partial charge in [0.25, 0.3) is 5.91 Å². The smallest absolute Gasteiger partial charge is 0.418 e. The maximum Gasteiger partial charge on any atom is 0.418 e. The number of anilines is 3. The van der Waals surface area contributed by atoms with Crippen LogP contribution in [0.2, 0.25) is 0 Å². The molecular formula is C33H34F3N7O4. The van der Waals surface area contributed by atoms with Gasteiger partial charge in [-0.05, 0) is 69.3 Å². The van der Waals surface area contributed by atoms with E-state index >= 15 is 0 Å². The number of hydrogen-bond acceptors (Lipinski definition) is 7. The van der Waals surface area contributed by atoms with Gasteiger partial charge in [-0.1, -0.05) is 12.1 Å². The number of nitrogens with zero attached hydrogens (tertiary/aromatic N) is 4. The summed E-state index contributed by atoms with van der Waals surface area (Å²) < 4.78 is 47.8. The van der Waals surface area contributed by atoms with Crippen LogP contribution in [-0.2, 0) is 10.9 Å². The number of ether oxygens (including phenoxy) is 1. The second-order valence-electron chi connectivity index (χ2n) is 11.8. The maximum atomic E-state index is 14.1. The van der Waals surface area contributed by atoms with Gasteiger partial charge in [-0.15, -0.1) is 0 Å².